The standard InChI is InChI=1S/C9H21NO2/c1-2-3-4-7-12-8-9(11)5-6-10/h9,11H,2-8,10H2,1H3. The van der Waals surface area contributed by atoms with E-state index in [-0.39, 0.29) is 6.10 Å². The lowest BCUT2D eigenvalue weighted by atomic mass is 10.2. The van der Waals surface area contributed by atoms with Crippen LogP contribution in [-0.2, 0) is 4.74 Å². The van der Waals surface area contributed by atoms with Crippen molar-refractivity contribution < 1.29 is 9.84 Å². The molecule has 3 heteroatoms. The molecule has 3 nitrogen and oxygen atoms in total. The minimum absolute atomic E-state index is 0.378. The summed E-state index contributed by atoms with van der Waals surface area (Å²) in [6.07, 6.45) is 3.75. The van der Waals surface area contributed by atoms with Gasteiger partial charge in [0.1, 0.15) is 0 Å². The van der Waals surface area contributed by atoms with Crippen LogP contribution in [0.3, 0.4) is 0 Å². The molecule has 0 aliphatic carbocycles. The molecule has 0 amide bonds. The fraction of sp³-hybridized carbons (Fsp3) is 1.00. The number of aliphatic hydroxyl groups excluding tert-OH is 1. The molecule has 1 atom stereocenters. The van der Waals surface area contributed by atoms with Gasteiger partial charge in [0.25, 0.3) is 0 Å². The van der Waals surface area contributed by atoms with Gasteiger partial charge in [-0.25, -0.2) is 0 Å². The van der Waals surface area contributed by atoms with Crippen LogP contribution in [0.1, 0.15) is 32.6 Å². The molecule has 1 unspecified atom stereocenters. The summed E-state index contributed by atoms with van der Waals surface area (Å²) in [6, 6.07) is 0. The van der Waals surface area contributed by atoms with Crippen LogP contribution in [0.5, 0.6) is 0 Å². The predicted octanol–water partition coefficient (Wildman–Crippen LogP) is 0.903. The van der Waals surface area contributed by atoms with Crippen LogP contribution in [-0.4, -0.2) is 31.0 Å². The van der Waals surface area contributed by atoms with E-state index in [1.54, 1.807) is 0 Å². The third kappa shape index (κ3) is 7.98. The molecule has 0 bridgehead atoms. The first kappa shape index (κ1) is 11.9. The second kappa shape index (κ2) is 8.97. The Bertz CT molecular complexity index is 88.6. The molecule has 0 aromatic heterocycles. The summed E-state index contributed by atoms with van der Waals surface area (Å²) < 4.78 is 5.24. The summed E-state index contributed by atoms with van der Waals surface area (Å²) in [6.45, 7) is 3.87. The Morgan fingerprint density at radius 1 is 1.42 bits per heavy atom. The predicted molar refractivity (Wildman–Crippen MR) is 50.0 cm³/mol. The number of nitrogens with two attached hydrogens (primary N) is 1. The van der Waals surface area contributed by atoms with Crippen molar-refractivity contribution in [2.75, 3.05) is 19.8 Å². The highest BCUT2D eigenvalue weighted by atomic mass is 16.5. The summed E-state index contributed by atoms with van der Waals surface area (Å²) >= 11 is 0. The minimum atomic E-state index is -0.378. The Balaban J connectivity index is 2.97. The van der Waals surface area contributed by atoms with Crippen LogP contribution in [0.15, 0.2) is 0 Å². The van der Waals surface area contributed by atoms with E-state index in [2.05, 4.69) is 6.92 Å². The Morgan fingerprint density at radius 2 is 2.17 bits per heavy atom. The number of ether oxygens (including phenoxy) is 1. The van der Waals surface area contributed by atoms with Crippen molar-refractivity contribution in [2.45, 2.75) is 38.7 Å². The first-order chi connectivity index (χ1) is 5.81. The topological polar surface area (TPSA) is 55.5 Å². The average molecular weight is 175 g/mol. The summed E-state index contributed by atoms with van der Waals surface area (Å²) in [5, 5.41) is 9.20. The zero-order chi connectivity index (χ0) is 9.23. The fourth-order valence-corrected chi connectivity index (χ4v) is 0.949. The van der Waals surface area contributed by atoms with E-state index in [1.165, 1.54) is 12.8 Å². The van der Waals surface area contributed by atoms with Crippen molar-refractivity contribution in [1.29, 1.82) is 0 Å². The Morgan fingerprint density at radius 3 is 2.75 bits per heavy atom. The van der Waals surface area contributed by atoms with Crippen LogP contribution in [0.25, 0.3) is 0 Å². The molecule has 74 valence electrons. The molecular weight excluding hydrogens is 154 g/mol. The van der Waals surface area contributed by atoms with Crippen molar-refractivity contribution in [1.82, 2.24) is 0 Å². The lowest BCUT2D eigenvalue weighted by molar-refractivity contribution is 0.0324. The van der Waals surface area contributed by atoms with Gasteiger partial charge in [0.05, 0.1) is 12.7 Å². The third-order valence-corrected chi connectivity index (χ3v) is 1.70. The molecular formula is C9H21NO2. The average Bonchev–Trinajstić information content (AvgIpc) is 2.05. The maximum absolute atomic E-state index is 9.20. The number of unbranched alkanes of at least 4 members (excludes halogenated alkanes) is 2. The van der Waals surface area contributed by atoms with Crippen LogP contribution in [0.2, 0.25) is 0 Å². The van der Waals surface area contributed by atoms with Gasteiger partial charge in [0.15, 0.2) is 0 Å². The number of rotatable bonds is 8. The van der Waals surface area contributed by atoms with E-state index < -0.39 is 0 Å². The largest absolute Gasteiger partial charge is 0.391 e. The molecule has 0 fully saturated rings. The van der Waals surface area contributed by atoms with Gasteiger partial charge in [-0.05, 0) is 19.4 Å². The highest BCUT2D eigenvalue weighted by Gasteiger charge is 2.01. The van der Waals surface area contributed by atoms with Crippen LogP contribution in [0, 0.1) is 0 Å². The monoisotopic (exact) mass is 175 g/mol. The van der Waals surface area contributed by atoms with E-state index in [4.69, 9.17) is 10.5 Å². The second-order valence-electron chi connectivity index (χ2n) is 3.01. The van der Waals surface area contributed by atoms with Crippen LogP contribution < -0.4 is 5.73 Å². The number of hydrogen-bond donors (Lipinski definition) is 2. The van der Waals surface area contributed by atoms with E-state index >= 15 is 0 Å². The molecule has 12 heavy (non-hydrogen) atoms. The van der Waals surface area contributed by atoms with Gasteiger partial charge in [0, 0.05) is 6.61 Å². The Labute approximate surface area is 74.9 Å². The molecule has 0 spiro atoms. The summed E-state index contributed by atoms with van der Waals surface area (Å²) in [7, 11) is 0. The highest BCUT2D eigenvalue weighted by Crippen LogP contribution is 1.96. The van der Waals surface area contributed by atoms with Crippen molar-refractivity contribution in [3.05, 3.63) is 0 Å². The van der Waals surface area contributed by atoms with Gasteiger partial charge in [-0.15, -0.1) is 0 Å². The van der Waals surface area contributed by atoms with Gasteiger partial charge in [-0.2, -0.15) is 0 Å². The smallest absolute Gasteiger partial charge is 0.0785 e. The minimum Gasteiger partial charge on any atom is -0.391 e. The highest BCUT2D eigenvalue weighted by molar-refractivity contribution is 4.53. The molecule has 0 aliphatic rings. The number of aliphatic hydroxyl groups is 1. The van der Waals surface area contributed by atoms with E-state index in [0.717, 1.165) is 13.0 Å². The Kier molecular flexibility index (Phi) is 8.88. The lowest BCUT2D eigenvalue weighted by Gasteiger charge is -2.09. The van der Waals surface area contributed by atoms with E-state index in [1.807, 2.05) is 0 Å². The molecule has 0 aromatic rings. The molecule has 0 radical (unpaired) electrons. The molecule has 0 aliphatic heterocycles. The maximum atomic E-state index is 9.20. The van der Waals surface area contributed by atoms with Gasteiger partial charge < -0.3 is 15.6 Å². The van der Waals surface area contributed by atoms with Gasteiger partial charge >= 0.3 is 0 Å². The zero-order valence-electron chi connectivity index (χ0n) is 7.96. The first-order valence-corrected chi connectivity index (χ1v) is 4.77. The molecule has 0 saturated heterocycles. The van der Waals surface area contributed by atoms with Crippen LogP contribution >= 0.6 is 0 Å². The fourth-order valence-electron chi connectivity index (χ4n) is 0.949. The van der Waals surface area contributed by atoms with Crippen LogP contribution in [0.4, 0.5) is 0 Å². The number of hydrogen-bond acceptors (Lipinski definition) is 3. The van der Waals surface area contributed by atoms with Crippen molar-refractivity contribution in [3.8, 4) is 0 Å². The quantitative estimate of drug-likeness (QED) is 0.539. The molecule has 0 saturated carbocycles. The summed E-state index contributed by atoms with van der Waals surface area (Å²) in [5.74, 6) is 0. The third-order valence-electron chi connectivity index (χ3n) is 1.70. The Hall–Kier alpha value is -0.120. The maximum Gasteiger partial charge on any atom is 0.0785 e. The summed E-state index contributed by atoms with van der Waals surface area (Å²) in [5.41, 5.74) is 5.27. The zero-order valence-corrected chi connectivity index (χ0v) is 7.96. The normalized spacial score (nSPS) is 13.2. The van der Waals surface area contributed by atoms with Gasteiger partial charge in [-0.3, -0.25) is 0 Å². The molecule has 0 rings (SSSR count). The van der Waals surface area contributed by atoms with Crippen molar-refractivity contribution in [2.24, 2.45) is 5.73 Å². The lowest BCUT2D eigenvalue weighted by Crippen LogP contribution is -2.19. The second-order valence-corrected chi connectivity index (χ2v) is 3.01. The SMILES string of the molecule is CCCCCOCC(O)CCN. The van der Waals surface area contributed by atoms with Crippen molar-refractivity contribution in [3.63, 3.8) is 0 Å². The summed E-state index contributed by atoms with van der Waals surface area (Å²) in [4.78, 5) is 0. The molecule has 0 heterocycles. The first-order valence-electron chi connectivity index (χ1n) is 4.77. The van der Waals surface area contributed by atoms with Gasteiger partial charge in [0.2, 0.25) is 0 Å². The van der Waals surface area contributed by atoms with Crippen molar-refractivity contribution >= 4 is 0 Å². The van der Waals surface area contributed by atoms with E-state index in [9.17, 15) is 5.11 Å². The van der Waals surface area contributed by atoms with Gasteiger partial charge in [-0.1, -0.05) is 19.8 Å². The molecule has 0 aromatic carbocycles. The molecule has 3 N–H and O–H groups in total. The van der Waals surface area contributed by atoms with E-state index in [0.29, 0.717) is 19.6 Å².